The van der Waals surface area contributed by atoms with Crippen LogP contribution in [-0.2, 0) is 0 Å². The van der Waals surface area contributed by atoms with Crippen molar-refractivity contribution in [2.45, 2.75) is 27.2 Å². The van der Waals surface area contributed by atoms with Crippen molar-refractivity contribution in [3.63, 3.8) is 0 Å². The Morgan fingerprint density at radius 3 is 2.35 bits per heavy atom. The van der Waals surface area contributed by atoms with Crippen molar-refractivity contribution >= 4 is 19.2 Å². The van der Waals surface area contributed by atoms with Crippen LogP contribution in [0.1, 0.15) is 19.4 Å². The highest BCUT2D eigenvalue weighted by Gasteiger charge is 2.07. The second-order valence-electron chi connectivity index (χ2n) is 3.50. The maximum Gasteiger partial charge on any atom is 0.255 e. The van der Waals surface area contributed by atoms with Crippen molar-refractivity contribution in [2.75, 3.05) is 25.2 Å². The van der Waals surface area contributed by atoms with Crippen LogP contribution in [0, 0.1) is 6.92 Å². The molecule has 98 valence electrons. The lowest BCUT2D eigenvalue weighted by Crippen LogP contribution is -2.16. The minimum absolute atomic E-state index is 0.289. The van der Waals surface area contributed by atoms with Gasteiger partial charge in [0.2, 0.25) is 0 Å². The van der Waals surface area contributed by atoms with Crippen molar-refractivity contribution in [1.29, 1.82) is 0 Å². The van der Waals surface area contributed by atoms with Crippen LogP contribution < -0.4 is 10.8 Å². The third-order valence-electron chi connectivity index (χ3n) is 1.96. The van der Waals surface area contributed by atoms with Crippen LogP contribution in [0.2, 0.25) is 0 Å². The maximum absolute atomic E-state index is 12.0. The average molecular weight is 262 g/mol. The van der Waals surface area contributed by atoms with Crippen molar-refractivity contribution in [3.05, 3.63) is 17.7 Å². The molecule has 0 fully saturated rings. The summed E-state index contributed by atoms with van der Waals surface area (Å²) in [6, 6.07) is 3.87. The highest BCUT2D eigenvalue weighted by atomic mass is 31.1. The Hall–Kier alpha value is -0.760. The molecule has 1 N–H and O–H groups in total. The van der Waals surface area contributed by atoms with Gasteiger partial charge >= 0.3 is 0 Å². The molecule has 0 aromatic carbocycles. The first-order chi connectivity index (χ1) is 8.00. The molecule has 17 heavy (non-hydrogen) atoms. The fraction of sp³-hybridized carbons (Fsp3) is 0.583. The predicted octanol–water partition coefficient (Wildman–Crippen LogP) is 3.46. The molecule has 0 amide bonds. The fourth-order valence-corrected chi connectivity index (χ4v) is 1.79. The summed E-state index contributed by atoms with van der Waals surface area (Å²) in [7, 11) is -0.289. The van der Waals surface area contributed by atoms with Crippen molar-refractivity contribution < 1.29 is 8.78 Å². The van der Waals surface area contributed by atoms with Gasteiger partial charge in [0.1, 0.15) is 5.82 Å². The van der Waals surface area contributed by atoms with E-state index >= 15 is 0 Å². The van der Waals surface area contributed by atoms with Crippen molar-refractivity contribution in [2.24, 2.45) is 0 Å². The molecule has 0 spiro atoms. The van der Waals surface area contributed by atoms with Crippen LogP contribution in [0.25, 0.3) is 0 Å². The molecule has 0 aliphatic rings. The van der Waals surface area contributed by atoms with Crippen LogP contribution in [0.3, 0.4) is 0 Å². The molecule has 0 bridgehead atoms. The van der Waals surface area contributed by atoms with E-state index in [1.165, 1.54) is 0 Å². The van der Waals surface area contributed by atoms with Crippen LogP contribution in [0.4, 0.5) is 14.6 Å². The number of aromatic nitrogens is 1. The molecule has 0 unspecified atom stereocenters. The second kappa shape index (κ2) is 8.35. The van der Waals surface area contributed by atoms with Gasteiger partial charge in [0, 0.05) is 0 Å². The minimum Gasteiger partial charge on any atom is -0.364 e. The first kappa shape index (κ1) is 16.2. The third kappa shape index (κ3) is 5.92. The number of rotatable bonds is 4. The van der Waals surface area contributed by atoms with E-state index in [-0.39, 0.29) is 14.5 Å². The van der Waals surface area contributed by atoms with E-state index < -0.39 is 6.43 Å². The summed E-state index contributed by atoms with van der Waals surface area (Å²) in [6.45, 7) is 9.69. The average Bonchev–Trinajstić information content (AvgIpc) is 2.30. The molecular weight excluding hydrogens is 241 g/mol. The Balaban J connectivity index is 0.00000121. The Morgan fingerprint density at radius 2 is 1.88 bits per heavy atom. The number of anilines is 1. The number of halogens is 2. The highest BCUT2D eigenvalue weighted by molar-refractivity contribution is 7.63. The molecule has 1 aromatic rings. The Kier molecular flexibility index (Phi) is 7.98. The summed E-state index contributed by atoms with van der Waals surface area (Å²) in [5.41, 5.74) is 1.88. The number of alkyl halides is 2. The molecule has 2 nitrogen and oxygen atoms in total. The summed E-state index contributed by atoms with van der Waals surface area (Å²) < 4.78 is 24.1. The first-order valence-corrected chi connectivity index (χ1v) is 7.91. The fourth-order valence-electron chi connectivity index (χ4n) is 1.12. The Labute approximate surface area is 104 Å². The smallest absolute Gasteiger partial charge is 0.255 e. The molecular formula is C12H21F2N2P. The largest absolute Gasteiger partial charge is 0.364 e. The van der Waals surface area contributed by atoms with E-state index in [4.69, 9.17) is 0 Å². The molecule has 1 aromatic heterocycles. The van der Waals surface area contributed by atoms with Crippen LogP contribution in [0.15, 0.2) is 12.1 Å². The predicted molar refractivity (Wildman–Crippen MR) is 73.2 cm³/mol. The summed E-state index contributed by atoms with van der Waals surface area (Å²) in [4.78, 5) is 4.33. The number of pyridine rings is 1. The summed E-state index contributed by atoms with van der Waals surface area (Å²) in [6.07, 6.45) is -2.35. The summed E-state index contributed by atoms with van der Waals surface area (Å²) in [5.74, 6) is 0.573. The zero-order chi connectivity index (χ0) is 13.4. The molecule has 0 saturated carbocycles. The number of hydrogen-bond donors (Lipinski definition) is 1. The molecule has 0 atom stereocenters. The second-order valence-corrected chi connectivity index (χ2v) is 5.75. The Bertz CT molecular complexity index is 330. The van der Waals surface area contributed by atoms with E-state index in [1.807, 2.05) is 32.9 Å². The van der Waals surface area contributed by atoms with Crippen molar-refractivity contribution in [1.82, 2.24) is 4.98 Å². The van der Waals surface area contributed by atoms with Gasteiger partial charge in [0.25, 0.3) is 6.43 Å². The normalized spacial score (nSPS) is 10.2. The summed E-state index contributed by atoms with van der Waals surface area (Å²) >= 11 is 0. The highest BCUT2D eigenvalue weighted by Crippen LogP contribution is 2.23. The van der Waals surface area contributed by atoms with Gasteiger partial charge in [-0.3, -0.25) is 0 Å². The van der Waals surface area contributed by atoms with Crippen LogP contribution in [0.5, 0.6) is 0 Å². The lowest BCUT2D eigenvalue weighted by Gasteiger charge is -2.11. The SMILES string of the molecule is CC.Cc1ccc(P(C)C)nc1NCC(F)F. The van der Waals surface area contributed by atoms with E-state index in [1.54, 1.807) is 0 Å². The minimum atomic E-state index is -2.35. The molecule has 1 heterocycles. The molecule has 0 saturated heterocycles. The van der Waals surface area contributed by atoms with E-state index in [0.29, 0.717) is 5.82 Å². The topological polar surface area (TPSA) is 24.9 Å². The lowest BCUT2D eigenvalue weighted by atomic mass is 10.3. The number of aryl methyl sites for hydroxylation is 1. The third-order valence-corrected chi connectivity index (χ3v) is 3.13. The van der Waals surface area contributed by atoms with E-state index in [0.717, 1.165) is 11.0 Å². The lowest BCUT2D eigenvalue weighted by molar-refractivity contribution is 0.163. The van der Waals surface area contributed by atoms with Crippen molar-refractivity contribution in [3.8, 4) is 0 Å². The summed E-state index contributed by atoms with van der Waals surface area (Å²) in [5, 5.41) is 2.66. The molecule has 5 heteroatoms. The standard InChI is InChI=1S/C10H15F2N2P.C2H6/c1-7-4-5-9(15(2)3)14-10(7)13-6-8(11)12;1-2/h4-5,8H,6H2,1-3H3,(H,13,14);1-2H3. The zero-order valence-electron chi connectivity index (χ0n) is 11.1. The number of nitrogens with zero attached hydrogens (tertiary/aromatic N) is 1. The number of hydrogen-bond acceptors (Lipinski definition) is 2. The molecule has 1 rings (SSSR count). The van der Waals surface area contributed by atoms with Crippen LogP contribution in [-0.4, -0.2) is 31.3 Å². The van der Waals surface area contributed by atoms with Crippen LogP contribution >= 0.6 is 7.92 Å². The van der Waals surface area contributed by atoms with E-state index in [2.05, 4.69) is 23.6 Å². The van der Waals surface area contributed by atoms with E-state index in [9.17, 15) is 8.78 Å². The zero-order valence-corrected chi connectivity index (χ0v) is 12.0. The van der Waals surface area contributed by atoms with Gasteiger partial charge in [0.05, 0.1) is 12.0 Å². The first-order valence-electron chi connectivity index (χ1n) is 5.67. The molecule has 0 radical (unpaired) electrons. The molecule has 0 aliphatic heterocycles. The van der Waals surface area contributed by atoms with Gasteiger partial charge in [-0.25, -0.2) is 13.8 Å². The van der Waals surface area contributed by atoms with Gasteiger partial charge in [-0.2, -0.15) is 0 Å². The Morgan fingerprint density at radius 1 is 1.29 bits per heavy atom. The number of nitrogens with one attached hydrogen (secondary N) is 1. The van der Waals surface area contributed by atoms with Gasteiger partial charge in [-0.05, 0) is 31.9 Å². The maximum atomic E-state index is 12.0. The van der Waals surface area contributed by atoms with Gasteiger partial charge < -0.3 is 5.32 Å². The molecule has 0 aliphatic carbocycles. The monoisotopic (exact) mass is 262 g/mol. The quantitative estimate of drug-likeness (QED) is 0.840. The van der Waals surface area contributed by atoms with Gasteiger partial charge in [-0.15, -0.1) is 0 Å². The van der Waals surface area contributed by atoms with Gasteiger partial charge in [0.15, 0.2) is 0 Å². The van der Waals surface area contributed by atoms with Gasteiger partial charge in [-0.1, -0.05) is 27.8 Å².